The zero-order valence-corrected chi connectivity index (χ0v) is 8.99. The van der Waals surface area contributed by atoms with Gasteiger partial charge in [0.25, 0.3) is 0 Å². The number of aromatic hydroxyl groups is 1. The Labute approximate surface area is 90.1 Å². The van der Waals surface area contributed by atoms with E-state index in [1.54, 1.807) is 12.1 Å². The zero-order chi connectivity index (χ0) is 11.1. The van der Waals surface area contributed by atoms with Gasteiger partial charge in [-0.1, -0.05) is 25.1 Å². The highest BCUT2D eigenvalue weighted by Gasteiger charge is 2.01. The summed E-state index contributed by atoms with van der Waals surface area (Å²) in [4.78, 5) is 11.1. The third-order valence-corrected chi connectivity index (χ3v) is 2.19. The molecule has 0 bridgehead atoms. The van der Waals surface area contributed by atoms with Crippen LogP contribution in [0, 0.1) is 0 Å². The van der Waals surface area contributed by atoms with Crippen LogP contribution in [0.4, 0.5) is 0 Å². The van der Waals surface area contributed by atoms with Gasteiger partial charge in [0.05, 0.1) is 0 Å². The normalized spacial score (nSPS) is 9.93. The van der Waals surface area contributed by atoms with Crippen molar-refractivity contribution < 1.29 is 9.90 Å². The number of carbonyl (C=O) groups excluding carboxylic acids is 1. The summed E-state index contributed by atoms with van der Waals surface area (Å²) >= 11 is 0. The van der Waals surface area contributed by atoms with Gasteiger partial charge in [0.1, 0.15) is 5.75 Å². The average Bonchev–Trinajstić information content (AvgIpc) is 2.21. The molecule has 0 atom stereocenters. The summed E-state index contributed by atoms with van der Waals surface area (Å²) < 4.78 is 0. The fourth-order valence-electron chi connectivity index (χ4n) is 1.37. The van der Waals surface area contributed by atoms with E-state index in [9.17, 15) is 9.90 Å². The molecule has 0 aliphatic carbocycles. The molecule has 1 aromatic rings. The summed E-state index contributed by atoms with van der Waals surface area (Å²) in [6, 6.07) is 7.18. The Morgan fingerprint density at radius 1 is 1.40 bits per heavy atom. The van der Waals surface area contributed by atoms with Crippen molar-refractivity contribution in [2.24, 2.45) is 0 Å². The molecule has 0 saturated heterocycles. The summed E-state index contributed by atoms with van der Waals surface area (Å²) in [7, 11) is 0. The van der Waals surface area contributed by atoms with Crippen LogP contribution in [-0.2, 0) is 11.2 Å². The molecule has 3 nitrogen and oxygen atoms in total. The first-order chi connectivity index (χ1) is 7.24. The van der Waals surface area contributed by atoms with Gasteiger partial charge in [0.2, 0.25) is 5.91 Å². The molecular formula is C12H17NO2. The summed E-state index contributed by atoms with van der Waals surface area (Å²) in [6.45, 7) is 2.55. The number of rotatable bonds is 5. The third kappa shape index (κ3) is 4.02. The lowest BCUT2D eigenvalue weighted by molar-refractivity contribution is -0.121. The molecule has 1 aromatic carbocycles. The van der Waals surface area contributed by atoms with E-state index in [-0.39, 0.29) is 5.91 Å². The Bertz CT molecular complexity index is 323. The topological polar surface area (TPSA) is 49.3 Å². The monoisotopic (exact) mass is 207 g/mol. The van der Waals surface area contributed by atoms with E-state index in [4.69, 9.17) is 0 Å². The zero-order valence-electron chi connectivity index (χ0n) is 8.99. The maximum absolute atomic E-state index is 11.1. The molecule has 1 rings (SSSR count). The molecular weight excluding hydrogens is 190 g/mol. The van der Waals surface area contributed by atoms with Crippen LogP contribution in [0.5, 0.6) is 5.75 Å². The van der Waals surface area contributed by atoms with E-state index in [0.717, 1.165) is 12.0 Å². The molecule has 0 aliphatic heterocycles. The molecule has 0 saturated carbocycles. The molecule has 0 spiro atoms. The largest absolute Gasteiger partial charge is 0.508 e. The highest BCUT2D eigenvalue weighted by molar-refractivity contribution is 5.75. The predicted octanol–water partition coefficient (Wildman–Crippen LogP) is 1.85. The van der Waals surface area contributed by atoms with Crippen molar-refractivity contribution in [2.45, 2.75) is 26.2 Å². The lowest BCUT2D eigenvalue weighted by Crippen LogP contribution is -2.25. The molecule has 2 N–H and O–H groups in total. The fourth-order valence-corrected chi connectivity index (χ4v) is 1.37. The molecule has 0 heterocycles. The summed E-state index contributed by atoms with van der Waals surface area (Å²) in [5, 5.41) is 12.3. The van der Waals surface area contributed by atoms with Gasteiger partial charge in [0, 0.05) is 13.0 Å². The van der Waals surface area contributed by atoms with Gasteiger partial charge in [-0.05, 0) is 24.5 Å². The van der Waals surface area contributed by atoms with Gasteiger partial charge in [-0.15, -0.1) is 0 Å². The quantitative estimate of drug-likeness (QED) is 0.774. The first-order valence-corrected chi connectivity index (χ1v) is 5.27. The number of carbonyl (C=O) groups is 1. The van der Waals surface area contributed by atoms with Crippen LogP contribution in [0.15, 0.2) is 24.3 Å². The Morgan fingerprint density at radius 2 is 2.13 bits per heavy atom. The van der Waals surface area contributed by atoms with Crippen molar-refractivity contribution in [3.8, 4) is 5.75 Å². The molecule has 15 heavy (non-hydrogen) atoms. The number of phenolic OH excluding ortho intramolecular Hbond substituents is 1. The van der Waals surface area contributed by atoms with Gasteiger partial charge in [-0.25, -0.2) is 0 Å². The van der Waals surface area contributed by atoms with Gasteiger partial charge in [0.15, 0.2) is 0 Å². The Morgan fingerprint density at radius 3 is 2.80 bits per heavy atom. The Kier molecular flexibility index (Phi) is 4.68. The number of para-hydroxylation sites is 1. The molecule has 0 aromatic heterocycles. The van der Waals surface area contributed by atoms with Crippen LogP contribution in [0.2, 0.25) is 0 Å². The first-order valence-electron chi connectivity index (χ1n) is 5.27. The number of hydrogen-bond donors (Lipinski definition) is 2. The predicted molar refractivity (Wildman–Crippen MR) is 59.7 cm³/mol. The fraction of sp³-hybridized carbons (Fsp3) is 0.417. The number of phenols is 1. The van der Waals surface area contributed by atoms with Crippen molar-refractivity contribution in [1.29, 1.82) is 0 Å². The van der Waals surface area contributed by atoms with E-state index in [1.807, 2.05) is 19.1 Å². The second kappa shape index (κ2) is 6.06. The van der Waals surface area contributed by atoms with Crippen molar-refractivity contribution >= 4 is 5.91 Å². The molecule has 0 radical (unpaired) electrons. The summed E-state index contributed by atoms with van der Waals surface area (Å²) in [5.41, 5.74) is 0.870. The SMILES string of the molecule is CCCC(=O)NCCc1ccccc1O. The number of nitrogens with one attached hydrogen (secondary N) is 1. The minimum absolute atomic E-state index is 0.0768. The molecule has 0 fully saturated rings. The molecule has 82 valence electrons. The molecule has 3 heteroatoms. The van der Waals surface area contributed by atoms with E-state index in [0.29, 0.717) is 25.1 Å². The number of amides is 1. The smallest absolute Gasteiger partial charge is 0.219 e. The Hall–Kier alpha value is -1.51. The van der Waals surface area contributed by atoms with E-state index in [1.165, 1.54) is 0 Å². The third-order valence-electron chi connectivity index (χ3n) is 2.19. The lowest BCUT2D eigenvalue weighted by atomic mass is 10.1. The number of benzene rings is 1. The van der Waals surface area contributed by atoms with Crippen molar-refractivity contribution in [3.63, 3.8) is 0 Å². The standard InChI is InChI=1S/C12H17NO2/c1-2-5-12(15)13-9-8-10-6-3-4-7-11(10)14/h3-4,6-7,14H,2,5,8-9H2,1H3,(H,13,15). The van der Waals surface area contributed by atoms with E-state index in [2.05, 4.69) is 5.32 Å². The van der Waals surface area contributed by atoms with Gasteiger partial charge < -0.3 is 10.4 Å². The average molecular weight is 207 g/mol. The van der Waals surface area contributed by atoms with Crippen LogP contribution in [0.3, 0.4) is 0 Å². The lowest BCUT2D eigenvalue weighted by Gasteiger charge is -2.05. The maximum atomic E-state index is 11.1. The first kappa shape index (κ1) is 11.6. The van der Waals surface area contributed by atoms with Crippen molar-refractivity contribution in [1.82, 2.24) is 5.32 Å². The second-order valence-corrected chi connectivity index (χ2v) is 3.48. The minimum atomic E-state index is 0.0768. The van der Waals surface area contributed by atoms with Crippen LogP contribution in [-0.4, -0.2) is 17.6 Å². The Balaban J connectivity index is 2.32. The number of hydrogen-bond acceptors (Lipinski definition) is 2. The maximum Gasteiger partial charge on any atom is 0.219 e. The molecule has 0 aliphatic rings. The van der Waals surface area contributed by atoms with Gasteiger partial charge >= 0.3 is 0 Å². The summed E-state index contributed by atoms with van der Waals surface area (Å²) in [5.74, 6) is 0.371. The summed E-state index contributed by atoms with van der Waals surface area (Å²) in [6.07, 6.45) is 2.10. The molecule has 1 amide bonds. The van der Waals surface area contributed by atoms with Gasteiger partial charge in [-0.3, -0.25) is 4.79 Å². The van der Waals surface area contributed by atoms with Crippen LogP contribution in [0.1, 0.15) is 25.3 Å². The van der Waals surface area contributed by atoms with Crippen LogP contribution < -0.4 is 5.32 Å². The van der Waals surface area contributed by atoms with Crippen LogP contribution >= 0.6 is 0 Å². The van der Waals surface area contributed by atoms with E-state index >= 15 is 0 Å². The van der Waals surface area contributed by atoms with Crippen molar-refractivity contribution in [2.75, 3.05) is 6.54 Å². The highest BCUT2D eigenvalue weighted by atomic mass is 16.3. The minimum Gasteiger partial charge on any atom is -0.508 e. The van der Waals surface area contributed by atoms with Gasteiger partial charge in [-0.2, -0.15) is 0 Å². The van der Waals surface area contributed by atoms with Crippen molar-refractivity contribution in [3.05, 3.63) is 29.8 Å². The van der Waals surface area contributed by atoms with E-state index < -0.39 is 0 Å². The highest BCUT2D eigenvalue weighted by Crippen LogP contribution is 2.15. The molecule has 0 unspecified atom stereocenters. The second-order valence-electron chi connectivity index (χ2n) is 3.48. The van der Waals surface area contributed by atoms with Crippen LogP contribution in [0.25, 0.3) is 0 Å².